The molecule has 194 valence electrons. The lowest BCUT2D eigenvalue weighted by atomic mass is 9.77. The molecule has 1 amide bonds. The minimum atomic E-state index is -0.0526. The molecule has 2 heterocycles. The number of fused-ring (bicyclic) bond motifs is 3. The zero-order chi connectivity index (χ0) is 24.6. The van der Waals surface area contributed by atoms with Crippen LogP contribution in [-0.4, -0.2) is 72.7 Å². The average Bonchev–Trinajstić information content (AvgIpc) is 3.64. The van der Waals surface area contributed by atoms with Gasteiger partial charge in [0, 0.05) is 57.6 Å². The molecule has 2 unspecified atom stereocenters. The van der Waals surface area contributed by atoms with E-state index in [4.69, 9.17) is 4.37 Å². The van der Waals surface area contributed by atoms with Gasteiger partial charge in [0.25, 0.3) is 0 Å². The van der Waals surface area contributed by atoms with Crippen LogP contribution in [0.25, 0.3) is 10.1 Å². The van der Waals surface area contributed by atoms with Crippen molar-refractivity contribution in [3.8, 4) is 0 Å². The topological polar surface area (TPSA) is 56.8 Å². The summed E-state index contributed by atoms with van der Waals surface area (Å²) in [5, 5.41) is 1.28. The van der Waals surface area contributed by atoms with E-state index in [1.54, 1.807) is 11.5 Å². The zero-order valence-electron chi connectivity index (χ0n) is 21.6. The second-order valence-electron chi connectivity index (χ2n) is 11.9. The van der Waals surface area contributed by atoms with Crippen molar-refractivity contribution in [2.45, 2.75) is 44.9 Å². The summed E-state index contributed by atoms with van der Waals surface area (Å²) in [7, 11) is 2.00. The standard InChI is InChI=1S/C29H40N4O2S/c1-31(29(35)27-21-11-10-20(16-21)25(27)19-34)17-22-6-2-3-7-23(22)18-32-12-14-33(15-13-32)28-24-8-4-5-9-26(24)36-30-28/h4-5,8-9,19-23,25,27H,2-3,6-7,10-18H2,1H3/t20?,21?,22-,23-,25-,27+/m0/s1. The fourth-order valence-electron chi connectivity index (χ4n) is 7.93. The Hall–Kier alpha value is -1.99. The molecular formula is C29H40N4O2S. The van der Waals surface area contributed by atoms with Gasteiger partial charge in [0.05, 0.1) is 10.6 Å². The molecule has 3 aliphatic carbocycles. The minimum absolute atomic E-state index is 0.0352. The first-order valence-corrected chi connectivity index (χ1v) is 14.9. The number of amides is 1. The van der Waals surface area contributed by atoms with Gasteiger partial charge in [-0.2, -0.15) is 4.37 Å². The Kier molecular flexibility index (Phi) is 7.04. The molecule has 1 aromatic heterocycles. The Morgan fingerprint density at radius 3 is 2.61 bits per heavy atom. The summed E-state index contributed by atoms with van der Waals surface area (Å²) in [6.07, 6.45) is 9.53. The van der Waals surface area contributed by atoms with Gasteiger partial charge in [-0.25, -0.2) is 0 Å². The fourth-order valence-corrected chi connectivity index (χ4v) is 8.73. The van der Waals surface area contributed by atoms with Crippen molar-refractivity contribution >= 4 is 39.6 Å². The number of piperazine rings is 1. The maximum Gasteiger partial charge on any atom is 0.226 e. The molecule has 4 fully saturated rings. The molecule has 3 saturated carbocycles. The van der Waals surface area contributed by atoms with E-state index in [1.807, 2.05) is 11.9 Å². The summed E-state index contributed by atoms with van der Waals surface area (Å²) in [4.78, 5) is 32.4. The highest BCUT2D eigenvalue weighted by Crippen LogP contribution is 2.52. The van der Waals surface area contributed by atoms with Gasteiger partial charge in [0.15, 0.2) is 0 Å². The predicted molar refractivity (Wildman–Crippen MR) is 145 cm³/mol. The first kappa shape index (κ1) is 24.4. The van der Waals surface area contributed by atoms with Gasteiger partial charge >= 0.3 is 0 Å². The third-order valence-electron chi connectivity index (χ3n) is 9.90. The van der Waals surface area contributed by atoms with E-state index in [0.29, 0.717) is 23.7 Å². The smallest absolute Gasteiger partial charge is 0.226 e. The molecule has 4 aliphatic rings. The molecule has 2 bridgehead atoms. The van der Waals surface area contributed by atoms with E-state index in [1.165, 1.54) is 35.8 Å². The molecule has 0 N–H and O–H groups in total. The van der Waals surface area contributed by atoms with Gasteiger partial charge in [-0.15, -0.1) is 0 Å². The number of nitrogens with zero attached hydrogens (tertiary/aromatic N) is 4. The van der Waals surface area contributed by atoms with E-state index in [9.17, 15) is 9.59 Å². The van der Waals surface area contributed by atoms with Crippen molar-refractivity contribution < 1.29 is 9.59 Å². The Bertz CT molecular complexity index is 1080. The largest absolute Gasteiger partial charge is 0.353 e. The summed E-state index contributed by atoms with van der Waals surface area (Å²) in [5.74, 6) is 3.43. The summed E-state index contributed by atoms with van der Waals surface area (Å²) in [6.45, 7) is 6.21. The number of aldehydes is 1. The number of benzene rings is 1. The predicted octanol–water partition coefficient (Wildman–Crippen LogP) is 4.54. The monoisotopic (exact) mass is 508 g/mol. The van der Waals surface area contributed by atoms with Gasteiger partial charge in [0.1, 0.15) is 12.1 Å². The SMILES string of the molecule is CN(C[C@@H]1CCCC[C@H]1CN1CCN(c2nsc3ccccc23)CC1)C(=O)[C@@H]1C2CCC(C2)[C@@H]1C=O. The highest BCUT2D eigenvalue weighted by Gasteiger charge is 2.51. The van der Waals surface area contributed by atoms with Gasteiger partial charge in [-0.3, -0.25) is 9.69 Å². The molecule has 1 saturated heterocycles. The van der Waals surface area contributed by atoms with Crippen LogP contribution in [-0.2, 0) is 9.59 Å². The summed E-state index contributed by atoms with van der Waals surface area (Å²) < 4.78 is 6.04. The van der Waals surface area contributed by atoms with Crippen molar-refractivity contribution in [2.24, 2.45) is 35.5 Å². The Morgan fingerprint density at radius 1 is 1.06 bits per heavy atom. The molecule has 0 spiro atoms. The highest BCUT2D eigenvalue weighted by molar-refractivity contribution is 7.13. The Balaban J connectivity index is 1.04. The van der Waals surface area contributed by atoms with Gasteiger partial charge in [0.2, 0.25) is 5.91 Å². The van der Waals surface area contributed by atoms with Crippen LogP contribution < -0.4 is 4.90 Å². The highest BCUT2D eigenvalue weighted by atomic mass is 32.1. The van der Waals surface area contributed by atoms with E-state index < -0.39 is 0 Å². The fraction of sp³-hybridized carbons (Fsp3) is 0.690. The van der Waals surface area contributed by atoms with E-state index in [2.05, 4.69) is 34.1 Å². The Labute approximate surface area is 219 Å². The van der Waals surface area contributed by atoms with Crippen LogP contribution >= 0.6 is 11.5 Å². The van der Waals surface area contributed by atoms with Crippen LogP contribution in [0.4, 0.5) is 5.82 Å². The second-order valence-corrected chi connectivity index (χ2v) is 12.7. The number of rotatable bonds is 7. The first-order chi connectivity index (χ1) is 17.6. The number of anilines is 1. The molecule has 1 aliphatic heterocycles. The number of hydrogen-bond acceptors (Lipinski definition) is 6. The molecule has 36 heavy (non-hydrogen) atoms. The van der Waals surface area contributed by atoms with E-state index in [-0.39, 0.29) is 17.7 Å². The maximum absolute atomic E-state index is 13.5. The molecule has 7 heteroatoms. The minimum Gasteiger partial charge on any atom is -0.353 e. The van der Waals surface area contributed by atoms with Crippen molar-refractivity contribution in [3.63, 3.8) is 0 Å². The number of aromatic nitrogens is 1. The lowest BCUT2D eigenvalue weighted by Gasteiger charge is -2.41. The molecule has 0 radical (unpaired) electrons. The summed E-state index contributed by atoms with van der Waals surface area (Å²) in [5.41, 5.74) is 0. The summed E-state index contributed by atoms with van der Waals surface area (Å²) in [6, 6.07) is 8.55. The van der Waals surface area contributed by atoms with Crippen LogP contribution in [0.15, 0.2) is 24.3 Å². The lowest BCUT2D eigenvalue weighted by Crippen LogP contribution is -2.50. The molecule has 1 aromatic carbocycles. The third kappa shape index (κ3) is 4.58. The van der Waals surface area contributed by atoms with E-state index >= 15 is 0 Å². The van der Waals surface area contributed by atoms with Gasteiger partial charge in [-0.05, 0) is 79.4 Å². The van der Waals surface area contributed by atoms with Crippen molar-refractivity contribution in [2.75, 3.05) is 51.2 Å². The van der Waals surface area contributed by atoms with Gasteiger partial charge < -0.3 is 14.6 Å². The van der Waals surface area contributed by atoms with Crippen LogP contribution in [0.5, 0.6) is 0 Å². The molecular weight excluding hydrogens is 468 g/mol. The van der Waals surface area contributed by atoms with Crippen LogP contribution in [0.1, 0.15) is 44.9 Å². The number of carbonyl (C=O) groups is 2. The zero-order valence-corrected chi connectivity index (χ0v) is 22.4. The first-order valence-electron chi connectivity index (χ1n) is 14.1. The molecule has 6 nitrogen and oxygen atoms in total. The van der Waals surface area contributed by atoms with Crippen molar-refractivity contribution in [1.29, 1.82) is 0 Å². The quantitative estimate of drug-likeness (QED) is 0.514. The van der Waals surface area contributed by atoms with E-state index in [0.717, 1.165) is 70.6 Å². The van der Waals surface area contributed by atoms with Crippen LogP contribution in [0.2, 0.25) is 0 Å². The molecule has 6 atom stereocenters. The lowest BCUT2D eigenvalue weighted by molar-refractivity contribution is -0.140. The summed E-state index contributed by atoms with van der Waals surface area (Å²) >= 11 is 1.60. The van der Waals surface area contributed by atoms with Crippen molar-refractivity contribution in [3.05, 3.63) is 24.3 Å². The maximum atomic E-state index is 13.5. The normalized spacial score (nSPS) is 32.8. The Morgan fingerprint density at radius 2 is 1.81 bits per heavy atom. The second kappa shape index (κ2) is 10.4. The van der Waals surface area contributed by atoms with Crippen LogP contribution in [0.3, 0.4) is 0 Å². The number of carbonyl (C=O) groups excluding carboxylic acids is 2. The third-order valence-corrected chi connectivity index (χ3v) is 10.7. The van der Waals surface area contributed by atoms with Gasteiger partial charge in [-0.1, -0.05) is 25.0 Å². The average molecular weight is 509 g/mol. The molecule has 6 rings (SSSR count). The van der Waals surface area contributed by atoms with Crippen molar-refractivity contribution in [1.82, 2.24) is 14.2 Å². The van der Waals surface area contributed by atoms with Crippen LogP contribution in [0, 0.1) is 35.5 Å². The number of hydrogen-bond donors (Lipinski definition) is 0. The molecule has 2 aromatic rings.